The van der Waals surface area contributed by atoms with E-state index in [9.17, 15) is 9.59 Å². The van der Waals surface area contributed by atoms with Gasteiger partial charge in [0.1, 0.15) is 0 Å². The van der Waals surface area contributed by atoms with Crippen LogP contribution >= 0.6 is 0 Å². The summed E-state index contributed by atoms with van der Waals surface area (Å²) in [6.07, 6.45) is 8.68. The lowest BCUT2D eigenvalue weighted by molar-refractivity contribution is 0.731. The van der Waals surface area contributed by atoms with Crippen LogP contribution in [-0.2, 0) is 14.1 Å². The Morgan fingerprint density at radius 3 is 2.19 bits per heavy atom. The van der Waals surface area contributed by atoms with E-state index in [1.54, 1.807) is 44.5 Å². The van der Waals surface area contributed by atoms with Crippen LogP contribution in [0.25, 0.3) is 18.7 Å². The summed E-state index contributed by atoms with van der Waals surface area (Å²) in [5.74, 6) is 0. The topological polar surface area (TPSA) is 75.6 Å². The number of aromatic amines is 2. The van der Waals surface area contributed by atoms with Crippen molar-refractivity contribution in [2.24, 2.45) is 14.1 Å². The molecule has 21 heavy (non-hydrogen) atoms. The van der Waals surface area contributed by atoms with Gasteiger partial charge in [-0.3, -0.25) is 29.2 Å². The van der Waals surface area contributed by atoms with Gasteiger partial charge in [-0.2, -0.15) is 0 Å². The fourth-order valence-corrected chi connectivity index (χ4v) is 2.06. The number of aromatic nitrogens is 4. The Hall–Kier alpha value is -2.76. The van der Waals surface area contributed by atoms with E-state index < -0.39 is 0 Å². The molecule has 0 unspecified atom stereocenters. The fraction of sp³-hybridized carbons (Fsp3) is 0.200. The summed E-state index contributed by atoms with van der Waals surface area (Å²) in [4.78, 5) is 23.5. The summed E-state index contributed by atoms with van der Waals surface area (Å²) < 4.78 is 2.81. The molecule has 0 aliphatic rings. The molecule has 0 bridgehead atoms. The lowest BCUT2D eigenvalue weighted by Gasteiger charge is -1.84. The molecular formula is C15H18N4O2. The highest BCUT2D eigenvalue weighted by molar-refractivity contribution is 5.53. The molecule has 0 atom stereocenters. The van der Waals surface area contributed by atoms with Crippen molar-refractivity contribution in [3.8, 4) is 0 Å². The van der Waals surface area contributed by atoms with E-state index in [-0.39, 0.29) is 11.1 Å². The monoisotopic (exact) mass is 286 g/mol. The maximum Gasteiger partial charge on any atom is 0.274 e. The molecule has 2 rings (SSSR count). The lowest BCUT2D eigenvalue weighted by Crippen LogP contribution is -2.33. The third kappa shape index (κ3) is 2.89. The fourth-order valence-electron chi connectivity index (χ4n) is 2.06. The van der Waals surface area contributed by atoms with Gasteiger partial charge in [0.2, 0.25) is 0 Å². The van der Waals surface area contributed by atoms with Crippen molar-refractivity contribution in [2.45, 2.75) is 6.92 Å². The molecule has 6 heteroatoms. The molecule has 0 spiro atoms. The minimum atomic E-state index is -0.121. The van der Waals surface area contributed by atoms with Gasteiger partial charge < -0.3 is 0 Å². The van der Waals surface area contributed by atoms with E-state index in [1.165, 1.54) is 9.36 Å². The molecule has 0 saturated heterocycles. The minimum absolute atomic E-state index is 0.0688. The first-order valence-electron chi connectivity index (χ1n) is 6.46. The summed E-state index contributed by atoms with van der Waals surface area (Å²) >= 11 is 0. The van der Waals surface area contributed by atoms with Crippen LogP contribution < -0.4 is 21.7 Å². The van der Waals surface area contributed by atoms with Crippen LogP contribution in [0, 0.1) is 6.92 Å². The first kappa shape index (κ1) is 14.6. The highest BCUT2D eigenvalue weighted by Gasteiger charge is 2.03. The predicted octanol–water partition coefficient (Wildman–Crippen LogP) is -0.491. The average molecular weight is 286 g/mol. The molecule has 0 saturated carbocycles. The first-order valence-corrected chi connectivity index (χ1v) is 6.46. The maximum absolute atomic E-state index is 11.8. The summed E-state index contributed by atoms with van der Waals surface area (Å²) in [6.45, 7) is 5.61. The number of nitrogens with zero attached hydrogens (tertiary/aromatic N) is 2. The second-order valence-electron chi connectivity index (χ2n) is 4.79. The Morgan fingerprint density at radius 2 is 1.67 bits per heavy atom. The smallest absolute Gasteiger partial charge is 0.274 e. The molecule has 6 nitrogen and oxygen atoms in total. The summed E-state index contributed by atoms with van der Waals surface area (Å²) in [5, 5.41) is 6.85. The number of H-pyrrole nitrogens is 2. The average Bonchev–Trinajstić information content (AvgIpc) is 2.80. The first-order chi connectivity index (χ1) is 9.91. The molecule has 2 aromatic rings. The van der Waals surface area contributed by atoms with Gasteiger partial charge in [0.25, 0.3) is 11.1 Å². The van der Waals surface area contributed by atoms with Crippen LogP contribution in [-0.4, -0.2) is 19.6 Å². The normalized spacial score (nSPS) is 13.0. The van der Waals surface area contributed by atoms with E-state index in [2.05, 4.69) is 16.8 Å². The standard InChI is InChI=1S/C15H18N4O2/c1-10-12(14(20)18(3)16-10)8-6-5-7-9-13-11(2)17-19(4)15(13)21/h5-9,16-17H,1H2,2-4H3. The molecule has 2 N–H and O–H groups in total. The Kier molecular flexibility index (Phi) is 3.98. The molecule has 0 amide bonds. The molecule has 2 aromatic heterocycles. The second-order valence-corrected chi connectivity index (χ2v) is 4.79. The maximum atomic E-state index is 11.8. The van der Waals surface area contributed by atoms with Crippen LogP contribution in [0.3, 0.4) is 0 Å². The summed E-state index contributed by atoms with van der Waals surface area (Å²) in [6, 6.07) is 0. The number of hydrogen-bond donors (Lipinski definition) is 2. The highest BCUT2D eigenvalue weighted by atomic mass is 16.1. The summed E-state index contributed by atoms with van der Waals surface area (Å²) in [7, 11) is 3.32. The van der Waals surface area contributed by atoms with E-state index in [1.807, 2.05) is 6.92 Å². The predicted molar refractivity (Wildman–Crippen MR) is 84.2 cm³/mol. The Balaban J connectivity index is 2.24. The Morgan fingerprint density at radius 1 is 1.00 bits per heavy atom. The van der Waals surface area contributed by atoms with Crippen LogP contribution in [0.5, 0.6) is 0 Å². The number of allylic oxidation sites excluding steroid dienone is 3. The van der Waals surface area contributed by atoms with E-state index in [4.69, 9.17) is 0 Å². The molecule has 2 heterocycles. The van der Waals surface area contributed by atoms with Gasteiger partial charge in [0.05, 0.1) is 16.1 Å². The van der Waals surface area contributed by atoms with E-state index >= 15 is 0 Å². The third-order valence-electron chi connectivity index (χ3n) is 3.19. The van der Waals surface area contributed by atoms with Crippen LogP contribution in [0.1, 0.15) is 11.3 Å². The van der Waals surface area contributed by atoms with E-state index in [0.29, 0.717) is 16.1 Å². The largest absolute Gasteiger partial charge is 0.300 e. The van der Waals surface area contributed by atoms with Gasteiger partial charge >= 0.3 is 0 Å². The van der Waals surface area contributed by atoms with Gasteiger partial charge in [0, 0.05) is 19.8 Å². The molecule has 0 radical (unpaired) electrons. The number of rotatable bonds is 3. The van der Waals surface area contributed by atoms with Gasteiger partial charge in [-0.1, -0.05) is 24.8 Å². The molecule has 0 fully saturated rings. The zero-order chi connectivity index (χ0) is 15.6. The molecule has 0 aliphatic heterocycles. The van der Waals surface area contributed by atoms with Crippen LogP contribution in [0.4, 0.5) is 0 Å². The summed E-state index contributed by atoms with van der Waals surface area (Å²) in [5.41, 5.74) is 1.25. The molecular weight excluding hydrogens is 268 g/mol. The number of aryl methyl sites for hydroxylation is 3. The van der Waals surface area contributed by atoms with Crippen LogP contribution in [0.2, 0.25) is 0 Å². The Bertz CT molecular complexity index is 932. The van der Waals surface area contributed by atoms with Crippen molar-refractivity contribution >= 4 is 18.7 Å². The minimum Gasteiger partial charge on any atom is -0.300 e. The van der Waals surface area contributed by atoms with Crippen molar-refractivity contribution in [1.29, 1.82) is 0 Å². The van der Waals surface area contributed by atoms with Gasteiger partial charge in [-0.15, -0.1) is 0 Å². The SMILES string of the molecule is C=c1[nH]n(C)c(=O)c1=CC=CC=Cc1c(C)[nH]n(C)c1=O. The lowest BCUT2D eigenvalue weighted by atomic mass is 10.2. The molecule has 0 aromatic carbocycles. The number of hydrogen-bond acceptors (Lipinski definition) is 2. The number of nitrogens with one attached hydrogen (secondary N) is 2. The van der Waals surface area contributed by atoms with Crippen molar-refractivity contribution in [2.75, 3.05) is 0 Å². The van der Waals surface area contributed by atoms with Crippen molar-refractivity contribution in [1.82, 2.24) is 19.6 Å². The van der Waals surface area contributed by atoms with Crippen molar-refractivity contribution in [3.05, 3.63) is 60.8 Å². The van der Waals surface area contributed by atoms with Gasteiger partial charge in [-0.05, 0) is 19.1 Å². The van der Waals surface area contributed by atoms with Gasteiger partial charge in [-0.25, -0.2) is 0 Å². The quantitative estimate of drug-likeness (QED) is 0.747. The third-order valence-corrected chi connectivity index (χ3v) is 3.19. The van der Waals surface area contributed by atoms with Crippen LogP contribution in [0.15, 0.2) is 27.8 Å². The van der Waals surface area contributed by atoms with Gasteiger partial charge in [0.15, 0.2) is 0 Å². The van der Waals surface area contributed by atoms with Crippen molar-refractivity contribution in [3.63, 3.8) is 0 Å². The second kappa shape index (κ2) is 5.70. The van der Waals surface area contributed by atoms with E-state index in [0.717, 1.165) is 5.69 Å². The molecule has 0 aliphatic carbocycles. The molecule has 110 valence electrons. The van der Waals surface area contributed by atoms with Crippen molar-refractivity contribution < 1.29 is 0 Å². The highest BCUT2D eigenvalue weighted by Crippen LogP contribution is 2.00. The zero-order valence-electron chi connectivity index (χ0n) is 12.3. The zero-order valence-corrected chi connectivity index (χ0v) is 12.3. The Labute approximate surface area is 121 Å².